The zero-order valence-electron chi connectivity index (χ0n) is 19.9. The molecule has 0 fully saturated rings. The highest BCUT2D eigenvalue weighted by Crippen LogP contribution is 2.42. The third-order valence-corrected chi connectivity index (χ3v) is 6.99. The maximum absolute atomic E-state index is 12.6. The summed E-state index contributed by atoms with van der Waals surface area (Å²) in [6.45, 7) is 1.97. The Morgan fingerprint density at radius 3 is 3.00 bits per heavy atom. The van der Waals surface area contributed by atoms with Crippen molar-refractivity contribution in [2.75, 3.05) is 36.9 Å². The maximum Gasteiger partial charge on any atom is 0.319 e. The van der Waals surface area contributed by atoms with Gasteiger partial charge in [-0.1, -0.05) is 24.3 Å². The number of hydrogen-bond acceptors (Lipinski definition) is 6. The number of hydrogen-bond donors (Lipinski definition) is 3. The van der Waals surface area contributed by atoms with E-state index in [0.717, 1.165) is 41.8 Å². The van der Waals surface area contributed by atoms with Crippen molar-refractivity contribution >= 4 is 40.2 Å². The van der Waals surface area contributed by atoms with E-state index in [9.17, 15) is 9.59 Å². The van der Waals surface area contributed by atoms with Gasteiger partial charge in [0.2, 0.25) is 0 Å². The first-order chi connectivity index (χ1) is 17.6. The lowest BCUT2D eigenvalue weighted by atomic mass is 9.98. The zero-order chi connectivity index (χ0) is 24.6. The Morgan fingerprint density at radius 1 is 1.19 bits per heavy atom. The molecular weight excluding hydrogens is 456 g/mol. The number of rotatable bonds is 5. The van der Waals surface area contributed by atoms with Gasteiger partial charge in [-0.15, -0.1) is 0 Å². The fourth-order valence-corrected chi connectivity index (χ4v) is 5.11. The summed E-state index contributed by atoms with van der Waals surface area (Å²) in [7, 11) is 1.79. The highest BCUT2D eigenvalue weighted by molar-refractivity contribution is 5.99. The van der Waals surface area contributed by atoms with Crippen LogP contribution in [0.25, 0.3) is 11.0 Å². The van der Waals surface area contributed by atoms with Gasteiger partial charge in [0.05, 0.1) is 11.6 Å². The SMILES string of the molecule is CN1CCc2ccc(NC(=O)NCCC3CN(c4ncnc5[nH]ncc45)c4ccccc43)cc2C1=O. The molecular formula is C26H26N8O2. The molecule has 10 nitrogen and oxygen atoms in total. The van der Waals surface area contributed by atoms with Gasteiger partial charge in [-0.3, -0.25) is 9.89 Å². The number of para-hydroxylation sites is 1. The van der Waals surface area contributed by atoms with E-state index in [-0.39, 0.29) is 17.9 Å². The highest BCUT2D eigenvalue weighted by Gasteiger charge is 2.31. The second-order valence-electron chi connectivity index (χ2n) is 9.21. The number of fused-ring (bicyclic) bond motifs is 3. The molecule has 2 aromatic heterocycles. The van der Waals surface area contributed by atoms with Crippen LogP contribution in [0.4, 0.5) is 22.0 Å². The molecule has 2 aliphatic rings. The highest BCUT2D eigenvalue weighted by atomic mass is 16.2. The quantitative estimate of drug-likeness (QED) is 0.401. The molecule has 0 saturated heterocycles. The number of benzene rings is 2. The Morgan fingerprint density at radius 2 is 2.08 bits per heavy atom. The van der Waals surface area contributed by atoms with Crippen molar-refractivity contribution in [2.24, 2.45) is 0 Å². The minimum atomic E-state index is -0.286. The molecule has 0 aliphatic carbocycles. The van der Waals surface area contributed by atoms with E-state index >= 15 is 0 Å². The molecule has 0 bridgehead atoms. The first kappa shape index (κ1) is 22.0. The summed E-state index contributed by atoms with van der Waals surface area (Å²) >= 11 is 0. The summed E-state index contributed by atoms with van der Waals surface area (Å²) in [5.74, 6) is 1.04. The van der Waals surface area contributed by atoms with Gasteiger partial charge >= 0.3 is 6.03 Å². The van der Waals surface area contributed by atoms with Crippen LogP contribution >= 0.6 is 0 Å². The summed E-state index contributed by atoms with van der Waals surface area (Å²) in [5, 5.41) is 13.7. The van der Waals surface area contributed by atoms with Crippen LogP contribution in [-0.4, -0.2) is 63.7 Å². The Labute approximate surface area is 207 Å². The average molecular weight is 483 g/mol. The molecule has 3 N–H and O–H groups in total. The number of aromatic amines is 1. The molecule has 0 saturated carbocycles. The van der Waals surface area contributed by atoms with Crippen LogP contribution in [0.5, 0.6) is 0 Å². The van der Waals surface area contributed by atoms with E-state index < -0.39 is 0 Å². The third-order valence-electron chi connectivity index (χ3n) is 6.99. The first-order valence-electron chi connectivity index (χ1n) is 12.0. The monoisotopic (exact) mass is 482 g/mol. The van der Waals surface area contributed by atoms with Crippen molar-refractivity contribution in [2.45, 2.75) is 18.8 Å². The van der Waals surface area contributed by atoms with Crippen molar-refractivity contribution in [3.63, 3.8) is 0 Å². The van der Waals surface area contributed by atoms with Crippen molar-refractivity contribution in [1.29, 1.82) is 0 Å². The Bertz CT molecular complexity index is 1470. The smallest absolute Gasteiger partial charge is 0.319 e. The van der Waals surface area contributed by atoms with Crippen LogP contribution in [-0.2, 0) is 6.42 Å². The predicted octanol–water partition coefficient (Wildman–Crippen LogP) is 3.43. The lowest BCUT2D eigenvalue weighted by molar-refractivity contribution is 0.0781. The predicted molar refractivity (Wildman–Crippen MR) is 137 cm³/mol. The Kier molecular flexibility index (Phi) is 5.48. The minimum absolute atomic E-state index is 0.0128. The van der Waals surface area contributed by atoms with Gasteiger partial charge in [0, 0.05) is 49.5 Å². The second kappa shape index (κ2) is 8.95. The van der Waals surface area contributed by atoms with Crippen LogP contribution in [0.3, 0.4) is 0 Å². The average Bonchev–Trinajstić information content (AvgIpc) is 3.52. The molecule has 3 amide bonds. The summed E-state index contributed by atoms with van der Waals surface area (Å²) in [5.41, 5.74) is 5.32. The molecule has 1 atom stereocenters. The number of nitrogens with one attached hydrogen (secondary N) is 3. The number of urea groups is 1. The number of H-pyrrole nitrogens is 1. The third kappa shape index (κ3) is 3.90. The number of likely N-dealkylation sites (N-methyl/N-ethyl adjacent to an activating group) is 1. The summed E-state index contributed by atoms with van der Waals surface area (Å²) in [6.07, 6.45) is 4.89. The van der Waals surface area contributed by atoms with E-state index in [1.54, 1.807) is 30.5 Å². The van der Waals surface area contributed by atoms with Crippen molar-refractivity contribution in [3.8, 4) is 0 Å². The molecule has 0 spiro atoms. The van der Waals surface area contributed by atoms with Gasteiger partial charge in [-0.2, -0.15) is 5.10 Å². The summed E-state index contributed by atoms with van der Waals surface area (Å²) in [4.78, 5) is 37.7. The molecule has 4 aromatic rings. The van der Waals surface area contributed by atoms with Gasteiger partial charge < -0.3 is 20.4 Å². The number of aromatic nitrogens is 4. The molecule has 2 aliphatic heterocycles. The van der Waals surface area contributed by atoms with Crippen LogP contribution in [0.2, 0.25) is 0 Å². The molecule has 4 heterocycles. The normalized spacial score (nSPS) is 16.7. The van der Waals surface area contributed by atoms with Gasteiger partial charge in [-0.25, -0.2) is 14.8 Å². The van der Waals surface area contributed by atoms with E-state index in [2.05, 4.69) is 47.8 Å². The van der Waals surface area contributed by atoms with Crippen LogP contribution in [0.1, 0.15) is 33.8 Å². The van der Waals surface area contributed by atoms with Crippen LogP contribution < -0.4 is 15.5 Å². The van der Waals surface area contributed by atoms with Crippen molar-refractivity contribution in [1.82, 2.24) is 30.4 Å². The van der Waals surface area contributed by atoms with Crippen LogP contribution in [0, 0.1) is 0 Å². The largest absolute Gasteiger partial charge is 0.341 e. The topological polar surface area (TPSA) is 119 Å². The van der Waals surface area contributed by atoms with E-state index in [1.807, 2.05) is 24.3 Å². The second-order valence-corrected chi connectivity index (χ2v) is 9.21. The summed E-state index contributed by atoms with van der Waals surface area (Å²) in [6, 6.07) is 13.5. The molecule has 36 heavy (non-hydrogen) atoms. The first-order valence-corrected chi connectivity index (χ1v) is 12.0. The van der Waals surface area contributed by atoms with Crippen molar-refractivity contribution in [3.05, 3.63) is 71.7 Å². The van der Waals surface area contributed by atoms with Gasteiger partial charge in [-0.05, 0) is 42.2 Å². The minimum Gasteiger partial charge on any atom is -0.341 e. The van der Waals surface area contributed by atoms with E-state index in [0.29, 0.717) is 30.0 Å². The lowest BCUT2D eigenvalue weighted by Crippen LogP contribution is -2.34. The molecule has 10 heteroatoms. The Hall–Kier alpha value is -4.47. The molecule has 2 aromatic carbocycles. The number of carbonyl (C=O) groups excluding carboxylic acids is 2. The van der Waals surface area contributed by atoms with E-state index in [4.69, 9.17) is 0 Å². The Balaban J connectivity index is 1.11. The number of amides is 3. The van der Waals surface area contributed by atoms with Gasteiger partial charge in [0.25, 0.3) is 5.91 Å². The van der Waals surface area contributed by atoms with Gasteiger partial charge in [0.1, 0.15) is 12.1 Å². The number of carbonyl (C=O) groups is 2. The summed E-state index contributed by atoms with van der Waals surface area (Å²) < 4.78 is 0. The molecule has 0 radical (unpaired) electrons. The standard InChI is InChI=1S/C26H26N8O2/c1-33-11-9-16-6-7-18(12-20(16)25(33)35)31-26(36)27-10-8-17-14-34(22-5-3-2-4-19(17)22)24-21-13-30-32-23(21)28-15-29-24/h2-7,12-13,15,17H,8-11,14H2,1H3,(H2,27,31,36)(H,28,29,30,32). The molecule has 182 valence electrons. The number of nitrogens with zero attached hydrogens (tertiary/aromatic N) is 5. The van der Waals surface area contributed by atoms with Gasteiger partial charge in [0.15, 0.2) is 5.65 Å². The number of anilines is 3. The van der Waals surface area contributed by atoms with E-state index in [1.165, 1.54) is 5.56 Å². The zero-order valence-corrected chi connectivity index (χ0v) is 19.9. The lowest BCUT2D eigenvalue weighted by Gasteiger charge is -2.25. The molecule has 6 rings (SSSR count). The maximum atomic E-state index is 12.6. The van der Waals surface area contributed by atoms with Crippen LogP contribution in [0.15, 0.2) is 55.0 Å². The fourth-order valence-electron chi connectivity index (χ4n) is 5.11. The molecule has 1 unspecified atom stereocenters. The fraction of sp³-hybridized carbons (Fsp3) is 0.269. The van der Waals surface area contributed by atoms with Crippen molar-refractivity contribution < 1.29 is 9.59 Å².